The molecule has 27 heavy (non-hydrogen) atoms. The van der Waals surface area contributed by atoms with E-state index in [1.807, 2.05) is 11.8 Å². The molecule has 1 aliphatic carbocycles. The highest BCUT2D eigenvalue weighted by atomic mass is 16.5. The van der Waals surface area contributed by atoms with Crippen LogP contribution >= 0.6 is 0 Å². The fourth-order valence-corrected chi connectivity index (χ4v) is 4.13. The van der Waals surface area contributed by atoms with Crippen LogP contribution in [0.25, 0.3) is 0 Å². The first-order chi connectivity index (χ1) is 13.1. The van der Waals surface area contributed by atoms with E-state index in [0.29, 0.717) is 44.3 Å². The first-order valence-corrected chi connectivity index (χ1v) is 10.1. The van der Waals surface area contributed by atoms with Gasteiger partial charge in [-0.1, -0.05) is 6.42 Å². The van der Waals surface area contributed by atoms with Gasteiger partial charge in [-0.15, -0.1) is 0 Å². The van der Waals surface area contributed by atoms with Gasteiger partial charge in [0.2, 0.25) is 5.91 Å². The van der Waals surface area contributed by atoms with Crippen LogP contribution in [0.3, 0.4) is 0 Å². The average molecular weight is 372 g/mol. The van der Waals surface area contributed by atoms with Crippen molar-refractivity contribution in [3.05, 3.63) is 23.3 Å². The Balaban J connectivity index is 1.45. The number of rotatable bonds is 3. The largest absolute Gasteiger partial charge is 0.378 e. The number of morpholine rings is 1. The number of amides is 2. The molecule has 1 aromatic heterocycles. The predicted octanol–water partition coefficient (Wildman–Crippen LogP) is 1.76. The molecule has 3 heterocycles. The zero-order valence-electron chi connectivity index (χ0n) is 16.0. The van der Waals surface area contributed by atoms with Gasteiger partial charge in [0, 0.05) is 44.2 Å². The van der Waals surface area contributed by atoms with Crippen molar-refractivity contribution in [1.82, 2.24) is 19.8 Å². The van der Waals surface area contributed by atoms with Crippen LogP contribution in [0.1, 0.15) is 59.9 Å². The molecule has 7 heteroatoms. The van der Waals surface area contributed by atoms with Crippen LogP contribution in [-0.4, -0.2) is 71.0 Å². The zero-order valence-corrected chi connectivity index (χ0v) is 16.0. The molecular formula is C20H28N4O3. The molecule has 146 valence electrons. The lowest BCUT2D eigenvalue weighted by molar-refractivity contribution is -0.139. The summed E-state index contributed by atoms with van der Waals surface area (Å²) in [7, 11) is 0. The van der Waals surface area contributed by atoms with Crippen LogP contribution in [0, 0.1) is 12.8 Å². The third-order valence-corrected chi connectivity index (χ3v) is 6.08. The third kappa shape index (κ3) is 3.83. The van der Waals surface area contributed by atoms with Gasteiger partial charge in [-0.25, -0.2) is 9.97 Å². The number of ether oxygens (including phenoxy) is 1. The first-order valence-electron chi connectivity index (χ1n) is 10.1. The van der Waals surface area contributed by atoms with E-state index in [1.54, 1.807) is 11.1 Å². The van der Waals surface area contributed by atoms with Crippen LogP contribution in [0.2, 0.25) is 0 Å². The monoisotopic (exact) mass is 372 g/mol. The Morgan fingerprint density at radius 1 is 1.07 bits per heavy atom. The highest BCUT2D eigenvalue weighted by Crippen LogP contribution is 2.32. The Hall–Kier alpha value is -2.02. The fraction of sp³-hybridized carbons (Fsp3) is 0.700. The molecule has 3 aliphatic rings. The lowest BCUT2D eigenvalue weighted by Crippen LogP contribution is -2.44. The maximum absolute atomic E-state index is 12.7. The molecule has 7 nitrogen and oxygen atoms in total. The lowest BCUT2D eigenvalue weighted by Gasteiger charge is -2.36. The molecule has 1 saturated carbocycles. The molecule has 3 fully saturated rings. The van der Waals surface area contributed by atoms with Crippen LogP contribution < -0.4 is 0 Å². The van der Waals surface area contributed by atoms with E-state index in [1.165, 1.54) is 6.42 Å². The van der Waals surface area contributed by atoms with E-state index in [9.17, 15) is 9.59 Å². The summed E-state index contributed by atoms with van der Waals surface area (Å²) in [4.78, 5) is 38.3. The summed E-state index contributed by atoms with van der Waals surface area (Å²) in [6.07, 6.45) is 6.89. The molecule has 0 spiro atoms. The Kier molecular flexibility index (Phi) is 5.38. The molecule has 4 rings (SSSR count). The van der Waals surface area contributed by atoms with Gasteiger partial charge in [0.15, 0.2) is 0 Å². The highest BCUT2D eigenvalue weighted by molar-refractivity contribution is 5.95. The third-order valence-electron chi connectivity index (χ3n) is 6.08. The highest BCUT2D eigenvalue weighted by Gasteiger charge is 2.33. The number of hydrogen-bond donors (Lipinski definition) is 0. The van der Waals surface area contributed by atoms with Crippen molar-refractivity contribution in [2.24, 2.45) is 5.92 Å². The molecule has 1 aromatic rings. The summed E-state index contributed by atoms with van der Waals surface area (Å²) >= 11 is 0. The fourth-order valence-electron chi connectivity index (χ4n) is 4.13. The van der Waals surface area contributed by atoms with Gasteiger partial charge >= 0.3 is 0 Å². The van der Waals surface area contributed by atoms with Crippen molar-refractivity contribution in [3.8, 4) is 0 Å². The molecule has 0 bridgehead atoms. The van der Waals surface area contributed by atoms with Gasteiger partial charge in [0.25, 0.3) is 5.91 Å². The average Bonchev–Trinajstić information content (AvgIpc) is 2.67. The van der Waals surface area contributed by atoms with Gasteiger partial charge < -0.3 is 14.5 Å². The minimum atomic E-state index is -0.0206. The van der Waals surface area contributed by atoms with E-state index >= 15 is 0 Å². The van der Waals surface area contributed by atoms with Crippen LogP contribution in [0.5, 0.6) is 0 Å². The number of nitrogens with zero attached hydrogens (tertiary/aromatic N) is 4. The SMILES string of the molecule is Cc1nc(C2CCCN(C(=O)C3CCC3)C2)ncc1C(=O)N1CCOCC1. The smallest absolute Gasteiger partial charge is 0.257 e. The van der Waals surface area contributed by atoms with E-state index in [0.717, 1.165) is 43.7 Å². The first kappa shape index (κ1) is 18.3. The van der Waals surface area contributed by atoms with Gasteiger partial charge in [-0.3, -0.25) is 9.59 Å². The van der Waals surface area contributed by atoms with Crippen LogP contribution in [-0.2, 0) is 9.53 Å². The predicted molar refractivity (Wildman–Crippen MR) is 99.4 cm³/mol. The second kappa shape index (κ2) is 7.92. The van der Waals surface area contributed by atoms with E-state index < -0.39 is 0 Å². The molecule has 2 saturated heterocycles. The lowest BCUT2D eigenvalue weighted by atomic mass is 9.83. The molecule has 1 atom stereocenters. The van der Waals surface area contributed by atoms with Gasteiger partial charge in [0.1, 0.15) is 5.82 Å². The van der Waals surface area contributed by atoms with Gasteiger partial charge in [0.05, 0.1) is 24.5 Å². The summed E-state index contributed by atoms with van der Waals surface area (Å²) < 4.78 is 5.32. The number of carbonyl (C=O) groups excluding carboxylic acids is 2. The Morgan fingerprint density at radius 2 is 1.85 bits per heavy atom. The second-order valence-corrected chi connectivity index (χ2v) is 7.88. The number of aromatic nitrogens is 2. The minimum absolute atomic E-state index is 0.0206. The zero-order chi connectivity index (χ0) is 18.8. The van der Waals surface area contributed by atoms with Crippen LogP contribution in [0.4, 0.5) is 0 Å². The quantitative estimate of drug-likeness (QED) is 0.808. The van der Waals surface area contributed by atoms with Crippen molar-refractivity contribution in [3.63, 3.8) is 0 Å². The number of carbonyl (C=O) groups is 2. The summed E-state index contributed by atoms with van der Waals surface area (Å²) in [6, 6.07) is 0. The van der Waals surface area contributed by atoms with E-state index in [-0.39, 0.29) is 17.7 Å². The normalized spacial score (nSPS) is 23.8. The molecule has 1 unspecified atom stereocenters. The van der Waals surface area contributed by atoms with Crippen molar-refractivity contribution < 1.29 is 14.3 Å². The number of likely N-dealkylation sites (tertiary alicyclic amines) is 1. The van der Waals surface area contributed by atoms with Gasteiger partial charge in [-0.05, 0) is 32.6 Å². The molecule has 0 aromatic carbocycles. The molecule has 2 aliphatic heterocycles. The van der Waals surface area contributed by atoms with Crippen molar-refractivity contribution in [1.29, 1.82) is 0 Å². The summed E-state index contributed by atoms with van der Waals surface area (Å²) in [5.41, 5.74) is 1.29. The minimum Gasteiger partial charge on any atom is -0.378 e. The number of aryl methyl sites for hydroxylation is 1. The summed E-state index contributed by atoms with van der Waals surface area (Å²) in [5.74, 6) is 1.45. The molecule has 0 radical (unpaired) electrons. The molecular weight excluding hydrogens is 344 g/mol. The number of piperidine rings is 1. The number of hydrogen-bond acceptors (Lipinski definition) is 5. The topological polar surface area (TPSA) is 75.6 Å². The standard InChI is InChI=1S/C20H28N4O3/c1-14-17(20(26)23-8-10-27-11-9-23)12-21-18(22-14)16-6-3-7-24(13-16)19(25)15-4-2-5-15/h12,15-16H,2-11,13H2,1H3. The Labute approximate surface area is 160 Å². The van der Waals surface area contributed by atoms with E-state index in [2.05, 4.69) is 9.97 Å². The van der Waals surface area contributed by atoms with Crippen molar-refractivity contribution >= 4 is 11.8 Å². The maximum atomic E-state index is 12.7. The van der Waals surface area contributed by atoms with Crippen molar-refractivity contribution in [2.75, 3.05) is 39.4 Å². The van der Waals surface area contributed by atoms with Crippen LogP contribution in [0.15, 0.2) is 6.20 Å². The second-order valence-electron chi connectivity index (χ2n) is 7.88. The summed E-state index contributed by atoms with van der Waals surface area (Å²) in [6.45, 7) is 5.80. The maximum Gasteiger partial charge on any atom is 0.257 e. The van der Waals surface area contributed by atoms with Gasteiger partial charge in [-0.2, -0.15) is 0 Å². The summed E-state index contributed by atoms with van der Waals surface area (Å²) in [5, 5.41) is 0. The van der Waals surface area contributed by atoms with Crippen molar-refractivity contribution in [2.45, 2.75) is 44.9 Å². The Bertz CT molecular complexity index is 713. The van der Waals surface area contributed by atoms with E-state index in [4.69, 9.17) is 4.74 Å². The molecule has 0 N–H and O–H groups in total. The Morgan fingerprint density at radius 3 is 2.52 bits per heavy atom. The molecule has 2 amide bonds.